The fourth-order valence-corrected chi connectivity index (χ4v) is 5.69. The molecule has 0 N–H and O–H groups in total. The second kappa shape index (κ2) is 12.3. The van der Waals surface area contributed by atoms with Gasteiger partial charge in [-0.05, 0) is 48.4 Å². The van der Waals surface area contributed by atoms with Crippen LogP contribution in [0.1, 0.15) is 29.7 Å². The van der Waals surface area contributed by atoms with Gasteiger partial charge in [0, 0.05) is 10.6 Å². The first kappa shape index (κ1) is 28.0. The third-order valence-electron chi connectivity index (χ3n) is 6.36. The van der Waals surface area contributed by atoms with E-state index in [0.717, 1.165) is 11.1 Å². The molecule has 7 nitrogen and oxygen atoms in total. The van der Waals surface area contributed by atoms with Crippen molar-refractivity contribution in [1.82, 2.24) is 4.57 Å². The Kier molecular flexibility index (Phi) is 8.39. The molecule has 0 amide bonds. The first-order valence-electron chi connectivity index (χ1n) is 12.7. The summed E-state index contributed by atoms with van der Waals surface area (Å²) >= 11 is 7.42. The number of aromatic nitrogens is 1. The number of terminal acetylenes is 1. The van der Waals surface area contributed by atoms with Crippen molar-refractivity contribution >= 4 is 40.7 Å². The highest BCUT2D eigenvalue weighted by Gasteiger charge is 2.35. The number of nitrogens with zero attached hydrogens (tertiary/aromatic N) is 2. The molecule has 0 saturated carbocycles. The van der Waals surface area contributed by atoms with Crippen LogP contribution in [0.15, 0.2) is 88.2 Å². The minimum absolute atomic E-state index is 0.103. The topological polar surface area (TPSA) is 79.1 Å². The van der Waals surface area contributed by atoms with Crippen molar-refractivity contribution in [2.24, 2.45) is 4.99 Å². The quantitative estimate of drug-likeness (QED) is 0.223. The third-order valence-corrected chi connectivity index (χ3v) is 7.59. The maximum Gasteiger partial charge on any atom is 0.338 e. The summed E-state index contributed by atoms with van der Waals surface area (Å²) in [7, 11) is 1.53. The molecule has 9 heteroatoms. The maximum absolute atomic E-state index is 14.0. The van der Waals surface area contributed by atoms with Gasteiger partial charge in [0.05, 0.1) is 35.6 Å². The van der Waals surface area contributed by atoms with Crippen molar-refractivity contribution < 1.29 is 19.0 Å². The summed E-state index contributed by atoms with van der Waals surface area (Å²) in [6.45, 7) is 2.01. The molecule has 1 aromatic heterocycles. The Morgan fingerprint density at radius 2 is 1.88 bits per heavy atom. The lowest BCUT2D eigenvalue weighted by atomic mass is 9.93. The minimum Gasteiger partial charge on any atom is -0.493 e. The number of methoxy groups -OCH3 is 1. The highest BCUT2D eigenvalue weighted by molar-refractivity contribution is 7.07. The van der Waals surface area contributed by atoms with E-state index in [4.69, 9.17) is 37.2 Å². The van der Waals surface area contributed by atoms with Crippen LogP contribution < -0.4 is 24.4 Å². The number of rotatable bonds is 8. The van der Waals surface area contributed by atoms with Crippen molar-refractivity contribution in [2.75, 3.05) is 20.3 Å². The van der Waals surface area contributed by atoms with E-state index in [9.17, 15) is 9.59 Å². The zero-order valence-electron chi connectivity index (χ0n) is 22.3. The second-order valence-corrected chi connectivity index (χ2v) is 10.3. The van der Waals surface area contributed by atoms with Gasteiger partial charge in [-0.1, -0.05) is 77.4 Å². The number of hydrogen-bond donors (Lipinski definition) is 0. The Bertz CT molecular complexity index is 1850. The molecule has 4 aromatic rings. The lowest BCUT2D eigenvalue weighted by molar-refractivity contribution is -0.138. The molecule has 1 aliphatic heterocycles. The van der Waals surface area contributed by atoms with Gasteiger partial charge in [0.2, 0.25) is 0 Å². The predicted octanol–water partition coefficient (Wildman–Crippen LogP) is 4.61. The molecule has 0 spiro atoms. The van der Waals surface area contributed by atoms with Crippen LogP contribution >= 0.6 is 22.9 Å². The lowest BCUT2D eigenvalue weighted by Gasteiger charge is -2.25. The van der Waals surface area contributed by atoms with E-state index in [-0.39, 0.29) is 24.3 Å². The van der Waals surface area contributed by atoms with Gasteiger partial charge in [-0.2, -0.15) is 0 Å². The lowest BCUT2D eigenvalue weighted by Crippen LogP contribution is -2.40. The van der Waals surface area contributed by atoms with E-state index in [1.807, 2.05) is 36.4 Å². The molecule has 5 rings (SSSR count). The van der Waals surface area contributed by atoms with Crippen LogP contribution in [0.5, 0.6) is 11.5 Å². The van der Waals surface area contributed by atoms with Crippen molar-refractivity contribution in [3.8, 4) is 23.8 Å². The summed E-state index contributed by atoms with van der Waals surface area (Å²) in [5.74, 6) is 2.87. The molecule has 0 fully saturated rings. The molecule has 0 saturated heterocycles. The van der Waals surface area contributed by atoms with Gasteiger partial charge < -0.3 is 14.2 Å². The summed E-state index contributed by atoms with van der Waals surface area (Å²) in [5, 5.41) is 0.537. The SMILES string of the molecule is C#CCOc1ccc(/C=c2\sc3n(c2=O)[C@@H](c2ccc(Cl)cc2)C(C(=O)OCC)=C(c2ccccc2)N=3)cc1OC. The van der Waals surface area contributed by atoms with Gasteiger partial charge in [0.1, 0.15) is 6.61 Å². The van der Waals surface area contributed by atoms with Gasteiger partial charge in [-0.3, -0.25) is 9.36 Å². The number of hydrogen-bond acceptors (Lipinski definition) is 7. The van der Waals surface area contributed by atoms with E-state index >= 15 is 0 Å². The molecule has 41 heavy (non-hydrogen) atoms. The van der Waals surface area contributed by atoms with Crippen molar-refractivity contribution in [3.05, 3.63) is 120 Å². The van der Waals surface area contributed by atoms with Crippen LogP contribution in [-0.4, -0.2) is 30.9 Å². The Hall–Kier alpha value is -4.58. The van der Waals surface area contributed by atoms with Gasteiger partial charge in [0.15, 0.2) is 16.3 Å². The summed E-state index contributed by atoms with van der Waals surface area (Å²) in [4.78, 5) is 32.8. The highest BCUT2D eigenvalue weighted by atomic mass is 35.5. The smallest absolute Gasteiger partial charge is 0.338 e. The fraction of sp³-hybridized carbons (Fsp3) is 0.156. The maximum atomic E-state index is 14.0. The first-order valence-corrected chi connectivity index (χ1v) is 13.9. The predicted molar refractivity (Wildman–Crippen MR) is 160 cm³/mol. The van der Waals surface area contributed by atoms with Crippen LogP contribution in [0.2, 0.25) is 5.02 Å². The number of halogens is 1. The van der Waals surface area contributed by atoms with E-state index in [1.165, 1.54) is 18.4 Å². The fourth-order valence-electron chi connectivity index (χ4n) is 4.56. The standard InChI is InChI=1S/C32H25ClN2O5S/c1-4-17-40-24-16-11-20(18-25(24)38-3)19-26-30(36)35-29(22-12-14-23(33)15-13-22)27(31(37)39-5-2)28(34-32(35)41-26)21-9-7-6-8-10-21/h1,6-16,18-19,29H,5,17H2,2-3H3/b26-19-/t29-/m0/s1. The number of carbonyl (C=O) groups excluding carboxylic acids is 1. The molecule has 3 aromatic carbocycles. The second-order valence-electron chi connectivity index (χ2n) is 8.89. The Labute approximate surface area is 245 Å². The summed E-state index contributed by atoms with van der Waals surface area (Å²) < 4.78 is 18.5. The Morgan fingerprint density at radius 3 is 2.56 bits per heavy atom. The monoisotopic (exact) mass is 584 g/mol. The largest absolute Gasteiger partial charge is 0.493 e. The van der Waals surface area contributed by atoms with Crippen molar-refractivity contribution in [3.63, 3.8) is 0 Å². The molecule has 0 bridgehead atoms. The molecule has 0 radical (unpaired) electrons. The first-order chi connectivity index (χ1) is 19.9. The molecule has 206 valence electrons. The molecule has 2 heterocycles. The van der Waals surface area contributed by atoms with E-state index in [2.05, 4.69) is 5.92 Å². The number of benzene rings is 3. The zero-order valence-corrected chi connectivity index (χ0v) is 23.9. The molecule has 1 aliphatic rings. The highest BCUT2D eigenvalue weighted by Crippen LogP contribution is 2.35. The van der Waals surface area contributed by atoms with Gasteiger partial charge >= 0.3 is 5.97 Å². The number of carbonyl (C=O) groups is 1. The molecule has 0 aliphatic carbocycles. The summed E-state index contributed by atoms with van der Waals surface area (Å²) in [6.07, 6.45) is 7.07. The number of thiazole rings is 1. The van der Waals surface area contributed by atoms with Crippen molar-refractivity contribution in [2.45, 2.75) is 13.0 Å². The number of fused-ring (bicyclic) bond motifs is 1. The van der Waals surface area contributed by atoms with Gasteiger partial charge in [-0.25, -0.2) is 9.79 Å². The minimum atomic E-state index is -0.783. The van der Waals surface area contributed by atoms with Crippen LogP contribution in [0.25, 0.3) is 11.8 Å². The Morgan fingerprint density at radius 1 is 1.12 bits per heavy atom. The summed E-state index contributed by atoms with van der Waals surface area (Å²) in [5.41, 5.74) is 2.58. The van der Waals surface area contributed by atoms with Gasteiger partial charge in [-0.15, -0.1) is 6.42 Å². The van der Waals surface area contributed by atoms with E-state index < -0.39 is 12.0 Å². The van der Waals surface area contributed by atoms with E-state index in [0.29, 0.717) is 37.1 Å². The summed E-state index contributed by atoms with van der Waals surface area (Å²) in [6, 6.07) is 21.0. The third kappa shape index (κ3) is 5.68. The molecule has 1 atom stereocenters. The van der Waals surface area contributed by atoms with Crippen LogP contribution in [-0.2, 0) is 9.53 Å². The molecule has 0 unspecified atom stereocenters. The average molecular weight is 585 g/mol. The van der Waals surface area contributed by atoms with E-state index in [1.54, 1.807) is 54.0 Å². The van der Waals surface area contributed by atoms with Crippen LogP contribution in [0, 0.1) is 12.3 Å². The molecular formula is C32H25ClN2O5S. The van der Waals surface area contributed by atoms with Crippen LogP contribution in [0.4, 0.5) is 0 Å². The van der Waals surface area contributed by atoms with Crippen LogP contribution in [0.3, 0.4) is 0 Å². The number of ether oxygens (including phenoxy) is 3. The van der Waals surface area contributed by atoms with Gasteiger partial charge in [0.25, 0.3) is 5.56 Å². The zero-order chi connectivity index (χ0) is 28.9. The normalized spacial score (nSPS) is 14.6. The number of esters is 1. The molecular weight excluding hydrogens is 560 g/mol. The Balaban J connectivity index is 1.75. The average Bonchev–Trinajstić information content (AvgIpc) is 3.30. The van der Waals surface area contributed by atoms with Crippen molar-refractivity contribution in [1.29, 1.82) is 0 Å².